The van der Waals surface area contributed by atoms with Crippen LogP contribution in [0.1, 0.15) is 11.3 Å². The van der Waals surface area contributed by atoms with E-state index in [0.717, 1.165) is 49.0 Å². The number of carbonyl (C=O) groups is 1. The molecule has 0 unspecified atom stereocenters. The predicted molar refractivity (Wildman–Crippen MR) is 131 cm³/mol. The van der Waals surface area contributed by atoms with Crippen molar-refractivity contribution in [2.45, 2.75) is 13.0 Å². The monoisotopic (exact) mass is 470 g/mol. The van der Waals surface area contributed by atoms with Crippen LogP contribution in [0.5, 0.6) is 5.75 Å². The molecule has 1 saturated heterocycles. The van der Waals surface area contributed by atoms with Gasteiger partial charge in [0.1, 0.15) is 10.8 Å². The van der Waals surface area contributed by atoms with E-state index in [1.807, 2.05) is 5.38 Å². The van der Waals surface area contributed by atoms with Gasteiger partial charge in [-0.25, -0.2) is 4.98 Å². The third kappa shape index (κ3) is 5.86. The highest BCUT2D eigenvalue weighted by atomic mass is 35.5. The summed E-state index contributed by atoms with van der Waals surface area (Å²) >= 11 is 7.68. The van der Waals surface area contributed by atoms with Crippen molar-refractivity contribution in [3.63, 3.8) is 0 Å². The van der Waals surface area contributed by atoms with E-state index in [0.29, 0.717) is 16.5 Å². The molecule has 32 heavy (non-hydrogen) atoms. The Morgan fingerprint density at radius 1 is 1.16 bits per heavy atom. The first-order valence-electron chi connectivity index (χ1n) is 10.6. The number of halogens is 1. The number of ether oxygens (including phenoxy) is 1. The fraction of sp³-hybridized carbons (Fsp3) is 0.333. The second-order valence-corrected chi connectivity index (χ2v) is 9.26. The number of amides is 1. The summed E-state index contributed by atoms with van der Waals surface area (Å²) in [4.78, 5) is 21.9. The summed E-state index contributed by atoms with van der Waals surface area (Å²) in [6, 6.07) is 13.8. The Morgan fingerprint density at radius 2 is 1.91 bits per heavy atom. The van der Waals surface area contributed by atoms with E-state index >= 15 is 0 Å². The number of hydrogen-bond acceptors (Lipinski definition) is 6. The van der Waals surface area contributed by atoms with Gasteiger partial charge in [-0.1, -0.05) is 35.9 Å². The fourth-order valence-electron chi connectivity index (χ4n) is 3.65. The van der Waals surface area contributed by atoms with E-state index in [9.17, 15) is 4.79 Å². The zero-order chi connectivity index (χ0) is 22.5. The van der Waals surface area contributed by atoms with Gasteiger partial charge in [-0.2, -0.15) is 0 Å². The molecule has 1 fully saturated rings. The van der Waals surface area contributed by atoms with Crippen LogP contribution in [0.2, 0.25) is 5.02 Å². The summed E-state index contributed by atoms with van der Waals surface area (Å²) in [5.74, 6) is 0.439. The number of aromatic nitrogens is 1. The minimum atomic E-state index is -0.134. The molecule has 1 aromatic heterocycles. The Morgan fingerprint density at radius 3 is 2.59 bits per heavy atom. The number of piperazine rings is 1. The number of anilines is 1. The van der Waals surface area contributed by atoms with Crippen LogP contribution in [0.3, 0.4) is 0 Å². The average molecular weight is 471 g/mol. The molecule has 0 spiro atoms. The highest BCUT2D eigenvalue weighted by Crippen LogP contribution is 2.28. The van der Waals surface area contributed by atoms with Crippen LogP contribution in [0.4, 0.5) is 5.69 Å². The summed E-state index contributed by atoms with van der Waals surface area (Å²) < 4.78 is 5.14. The molecule has 0 saturated carbocycles. The summed E-state index contributed by atoms with van der Waals surface area (Å²) in [6.07, 6.45) is 0.210. The number of methoxy groups -OCH3 is 1. The zero-order valence-electron chi connectivity index (χ0n) is 18.3. The lowest BCUT2D eigenvalue weighted by Gasteiger charge is -2.32. The number of hydrogen-bond donors (Lipinski definition) is 1. The maximum Gasteiger partial charge on any atom is 0.230 e. The molecule has 2 aromatic carbocycles. The van der Waals surface area contributed by atoms with E-state index in [1.54, 1.807) is 36.6 Å². The molecule has 168 valence electrons. The van der Waals surface area contributed by atoms with Gasteiger partial charge in [0.2, 0.25) is 5.91 Å². The van der Waals surface area contributed by atoms with Crippen molar-refractivity contribution in [1.82, 2.24) is 14.8 Å². The van der Waals surface area contributed by atoms with Crippen molar-refractivity contribution in [2.24, 2.45) is 0 Å². The highest BCUT2D eigenvalue weighted by Gasteiger charge is 2.14. The lowest BCUT2D eigenvalue weighted by atomic mass is 10.1. The van der Waals surface area contributed by atoms with Crippen LogP contribution in [0.25, 0.3) is 10.6 Å². The molecule has 1 aliphatic heterocycles. The summed E-state index contributed by atoms with van der Waals surface area (Å²) in [5.41, 5.74) is 3.77. The lowest BCUT2D eigenvalue weighted by molar-refractivity contribution is -0.115. The zero-order valence-corrected chi connectivity index (χ0v) is 19.9. The second kappa shape index (κ2) is 10.4. The SMILES string of the molecule is COc1ccc(NC(=O)Cc2csc(-c3ccc(CN4CCN(C)CC4)cc3)n2)cc1Cl. The number of rotatable bonds is 7. The van der Waals surface area contributed by atoms with Crippen molar-refractivity contribution in [3.05, 3.63) is 64.1 Å². The van der Waals surface area contributed by atoms with Crippen LogP contribution in [0.15, 0.2) is 47.8 Å². The molecule has 1 amide bonds. The van der Waals surface area contributed by atoms with Crippen molar-refractivity contribution >= 4 is 34.5 Å². The molecule has 0 bridgehead atoms. The van der Waals surface area contributed by atoms with Gasteiger partial charge >= 0.3 is 0 Å². The number of carbonyl (C=O) groups excluding carboxylic acids is 1. The normalized spacial score (nSPS) is 15.0. The first-order chi connectivity index (χ1) is 15.5. The predicted octanol–water partition coefficient (Wildman–Crippen LogP) is 4.40. The standard InChI is InChI=1S/C24H27ClN4O2S/c1-28-9-11-29(12-10-28)15-17-3-5-18(6-4-17)24-27-20(16-32-24)14-23(30)26-19-7-8-22(31-2)21(25)13-19/h3-8,13,16H,9-12,14-15H2,1-2H3,(H,26,30). The van der Waals surface area contributed by atoms with Gasteiger partial charge < -0.3 is 15.0 Å². The van der Waals surface area contributed by atoms with Gasteiger partial charge in [-0.15, -0.1) is 11.3 Å². The number of thiazole rings is 1. The second-order valence-electron chi connectivity index (χ2n) is 7.99. The molecule has 1 N–H and O–H groups in total. The van der Waals surface area contributed by atoms with Gasteiger partial charge in [-0.05, 0) is 30.8 Å². The summed E-state index contributed by atoms with van der Waals surface area (Å²) in [6.45, 7) is 5.45. The third-order valence-electron chi connectivity index (χ3n) is 5.53. The summed E-state index contributed by atoms with van der Waals surface area (Å²) in [7, 11) is 3.73. The molecule has 2 heterocycles. The van der Waals surface area contributed by atoms with Crippen LogP contribution in [-0.4, -0.2) is 61.0 Å². The van der Waals surface area contributed by atoms with Gasteiger partial charge in [0, 0.05) is 49.4 Å². The first-order valence-corrected chi connectivity index (χ1v) is 11.8. The van der Waals surface area contributed by atoms with Crippen LogP contribution in [0, 0.1) is 0 Å². The van der Waals surface area contributed by atoms with E-state index in [4.69, 9.17) is 16.3 Å². The molecule has 1 aliphatic rings. The quantitative estimate of drug-likeness (QED) is 0.554. The Bertz CT molecular complexity index is 1060. The number of benzene rings is 2. The molecule has 4 rings (SSSR count). The molecule has 6 nitrogen and oxygen atoms in total. The van der Waals surface area contributed by atoms with Gasteiger partial charge in [0.25, 0.3) is 0 Å². The maximum atomic E-state index is 12.4. The minimum absolute atomic E-state index is 0.134. The molecule has 8 heteroatoms. The molecular weight excluding hydrogens is 444 g/mol. The molecule has 3 aromatic rings. The van der Waals surface area contributed by atoms with Crippen LogP contribution in [-0.2, 0) is 17.8 Å². The van der Waals surface area contributed by atoms with E-state index in [-0.39, 0.29) is 12.3 Å². The molecule has 0 radical (unpaired) electrons. The van der Waals surface area contributed by atoms with E-state index in [2.05, 4.69) is 51.4 Å². The lowest BCUT2D eigenvalue weighted by Crippen LogP contribution is -2.43. The van der Waals surface area contributed by atoms with Gasteiger partial charge in [-0.3, -0.25) is 9.69 Å². The minimum Gasteiger partial charge on any atom is -0.495 e. The van der Waals surface area contributed by atoms with E-state index in [1.165, 1.54) is 5.56 Å². The van der Waals surface area contributed by atoms with Crippen molar-refractivity contribution in [1.29, 1.82) is 0 Å². The number of nitrogens with one attached hydrogen (secondary N) is 1. The number of nitrogens with zero attached hydrogens (tertiary/aromatic N) is 3. The smallest absolute Gasteiger partial charge is 0.230 e. The van der Waals surface area contributed by atoms with Crippen molar-refractivity contribution in [2.75, 3.05) is 45.7 Å². The largest absolute Gasteiger partial charge is 0.495 e. The molecule has 0 aliphatic carbocycles. The van der Waals surface area contributed by atoms with Gasteiger partial charge in [0.05, 0.1) is 24.2 Å². The Kier molecular flexibility index (Phi) is 7.42. The topological polar surface area (TPSA) is 57.7 Å². The summed E-state index contributed by atoms with van der Waals surface area (Å²) in [5, 5.41) is 6.18. The fourth-order valence-corrected chi connectivity index (χ4v) is 4.74. The Labute approximate surface area is 197 Å². The maximum absolute atomic E-state index is 12.4. The van der Waals surface area contributed by atoms with Crippen LogP contribution < -0.4 is 10.1 Å². The first kappa shape index (κ1) is 22.7. The third-order valence-corrected chi connectivity index (χ3v) is 6.77. The average Bonchev–Trinajstić information content (AvgIpc) is 3.24. The van der Waals surface area contributed by atoms with E-state index < -0.39 is 0 Å². The van der Waals surface area contributed by atoms with Crippen molar-refractivity contribution in [3.8, 4) is 16.3 Å². The Balaban J connectivity index is 1.33. The number of likely N-dealkylation sites (N-methyl/N-ethyl adjacent to an activating group) is 1. The Hall–Kier alpha value is -2.45. The molecule has 0 atom stereocenters. The highest BCUT2D eigenvalue weighted by molar-refractivity contribution is 7.13. The van der Waals surface area contributed by atoms with Gasteiger partial charge in [0.15, 0.2) is 0 Å². The van der Waals surface area contributed by atoms with Crippen LogP contribution >= 0.6 is 22.9 Å². The molecular formula is C24H27ClN4O2S. The van der Waals surface area contributed by atoms with Crippen molar-refractivity contribution < 1.29 is 9.53 Å².